The number of hydrogen-bond donors (Lipinski definition) is 0. The Morgan fingerprint density at radius 3 is 2.07 bits per heavy atom. The highest BCUT2D eigenvalue weighted by Gasteiger charge is 2.46. The third-order valence-electron chi connectivity index (χ3n) is 5.80. The standard InChI is InChI=1S/C23H43NO4/c1-10-17(2)19(25)11-12-20(26)28-18-15-22(6,7)24(23(8,9)16-18)13-14-27-21(3,4)5/h17-18H,10-16H2,1-9H3. The highest BCUT2D eigenvalue weighted by molar-refractivity contribution is 5.84. The zero-order valence-corrected chi connectivity index (χ0v) is 19.7. The normalized spacial score (nSPS) is 21.3. The lowest BCUT2D eigenvalue weighted by atomic mass is 9.78. The van der Waals surface area contributed by atoms with Crippen molar-refractivity contribution in [2.45, 2.75) is 117 Å². The van der Waals surface area contributed by atoms with E-state index < -0.39 is 0 Å². The molecule has 0 aromatic rings. The summed E-state index contributed by atoms with van der Waals surface area (Å²) in [5.74, 6) is -0.0873. The maximum absolute atomic E-state index is 12.3. The molecule has 0 radical (unpaired) electrons. The second kappa shape index (κ2) is 9.71. The Balaban J connectivity index is 2.63. The minimum absolute atomic E-state index is 0.0178. The fourth-order valence-corrected chi connectivity index (χ4v) is 4.30. The number of carbonyl (C=O) groups excluding carboxylic acids is 2. The van der Waals surface area contributed by atoms with E-state index in [1.165, 1.54) is 0 Å². The molecule has 1 atom stereocenters. The number of carbonyl (C=O) groups is 2. The van der Waals surface area contributed by atoms with Crippen LogP contribution >= 0.6 is 0 Å². The molecule has 0 amide bonds. The van der Waals surface area contributed by atoms with E-state index in [0.717, 1.165) is 25.8 Å². The first-order valence-corrected chi connectivity index (χ1v) is 10.8. The maximum Gasteiger partial charge on any atom is 0.306 e. The van der Waals surface area contributed by atoms with E-state index in [9.17, 15) is 9.59 Å². The quantitative estimate of drug-likeness (QED) is 0.525. The zero-order valence-electron chi connectivity index (χ0n) is 19.7. The van der Waals surface area contributed by atoms with Gasteiger partial charge >= 0.3 is 5.97 Å². The number of likely N-dealkylation sites (tertiary alicyclic amines) is 1. The smallest absolute Gasteiger partial charge is 0.306 e. The predicted molar refractivity (Wildman–Crippen MR) is 113 cm³/mol. The Hall–Kier alpha value is -0.940. The summed E-state index contributed by atoms with van der Waals surface area (Å²) in [5, 5.41) is 0. The summed E-state index contributed by atoms with van der Waals surface area (Å²) in [5.41, 5.74) is -0.337. The molecule has 1 rings (SSSR count). The van der Waals surface area contributed by atoms with Gasteiger partial charge in [0.25, 0.3) is 0 Å². The maximum atomic E-state index is 12.3. The number of ketones is 1. The number of piperidine rings is 1. The van der Waals surface area contributed by atoms with Crippen molar-refractivity contribution in [3.05, 3.63) is 0 Å². The van der Waals surface area contributed by atoms with E-state index in [-0.39, 0.29) is 53.3 Å². The highest BCUT2D eigenvalue weighted by atomic mass is 16.5. The van der Waals surface area contributed by atoms with Crippen LogP contribution in [0.15, 0.2) is 0 Å². The molecule has 1 fully saturated rings. The summed E-state index contributed by atoms with van der Waals surface area (Å²) in [4.78, 5) is 26.7. The zero-order chi connectivity index (χ0) is 21.8. The molecule has 0 spiro atoms. The Morgan fingerprint density at radius 2 is 1.61 bits per heavy atom. The molecular weight excluding hydrogens is 354 g/mol. The van der Waals surface area contributed by atoms with Crippen LogP contribution in [0.4, 0.5) is 0 Å². The van der Waals surface area contributed by atoms with Crippen molar-refractivity contribution in [1.29, 1.82) is 0 Å². The van der Waals surface area contributed by atoms with Gasteiger partial charge < -0.3 is 9.47 Å². The summed E-state index contributed by atoms with van der Waals surface area (Å²) >= 11 is 0. The summed E-state index contributed by atoms with van der Waals surface area (Å²) < 4.78 is 11.7. The molecule has 1 unspecified atom stereocenters. The largest absolute Gasteiger partial charge is 0.462 e. The van der Waals surface area contributed by atoms with Gasteiger partial charge in [0.15, 0.2) is 0 Å². The lowest BCUT2D eigenvalue weighted by molar-refractivity contribution is -0.162. The van der Waals surface area contributed by atoms with E-state index in [1.54, 1.807) is 0 Å². The van der Waals surface area contributed by atoms with Crippen LogP contribution in [-0.2, 0) is 19.1 Å². The molecule has 0 aliphatic carbocycles. The Bertz CT molecular complexity index is 515. The average Bonchev–Trinajstić information content (AvgIpc) is 2.52. The fraction of sp³-hybridized carbons (Fsp3) is 0.913. The van der Waals surface area contributed by atoms with E-state index in [1.807, 2.05) is 13.8 Å². The van der Waals surface area contributed by atoms with Crippen molar-refractivity contribution in [2.24, 2.45) is 5.92 Å². The van der Waals surface area contributed by atoms with Gasteiger partial charge in [-0.1, -0.05) is 13.8 Å². The molecule has 1 aliphatic heterocycles. The Kier molecular flexibility index (Phi) is 8.70. The first kappa shape index (κ1) is 25.1. The third-order valence-corrected chi connectivity index (χ3v) is 5.80. The van der Waals surface area contributed by atoms with Gasteiger partial charge in [-0.3, -0.25) is 14.5 Å². The molecule has 0 aromatic carbocycles. The molecule has 1 heterocycles. The van der Waals surface area contributed by atoms with Crippen LogP contribution in [0.3, 0.4) is 0 Å². The van der Waals surface area contributed by atoms with Gasteiger partial charge in [-0.25, -0.2) is 0 Å². The molecule has 5 nitrogen and oxygen atoms in total. The van der Waals surface area contributed by atoms with Gasteiger partial charge in [0.1, 0.15) is 11.9 Å². The molecule has 5 heteroatoms. The summed E-state index contributed by atoms with van der Waals surface area (Å²) in [6.45, 7) is 20.5. The number of hydrogen-bond acceptors (Lipinski definition) is 5. The third kappa shape index (κ3) is 7.82. The Labute approximate surface area is 172 Å². The highest BCUT2D eigenvalue weighted by Crippen LogP contribution is 2.39. The average molecular weight is 398 g/mol. The molecule has 0 aromatic heterocycles. The van der Waals surface area contributed by atoms with Crippen molar-refractivity contribution in [3.8, 4) is 0 Å². The molecule has 0 N–H and O–H groups in total. The van der Waals surface area contributed by atoms with E-state index in [2.05, 4.69) is 53.4 Å². The lowest BCUT2D eigenvalue weighted by Gasteiger charge is -2.55. The predicted octanol–water partition coefficient (Wildman–Crippen LogP) is 4.76. The van der Waals surface area contributed by atoms with E-state index >= 15 is 0 Å². The second-order valence-corrected chi connectivity index (χ2v) is 10.5. The van der Waals surface area contributed by atoms with Gasteiger partial charge in [-0.15, -0.1) is 0 Å². The van der Waals surface area contributed by atoms with Crippen LogP contribution in [0.5, 0.6) is 0 Å². The van der Waals surface area contributed by atoms with E-state index in [0.29, 0.717) is 6.61 Å². The molecule has 164 valence electrons. The topological polar surface area (TPSA) is 55.8 Å². The summed E-state index contributed by atoms with van der Waals surface area (Å²) in [7, 11) is 0. The summed E-state index contributed by atoms with van der Waals surface area (Å²) in [6.07, 6.45) is 2.74. The van der Waals surface area contributed by atoms with Crippen molar-refractivity contribution < 1.29 is 19.1 Å². The van der Waals surface area contributed by atoms with Crippen LogP contribution in [0, 0.1) is 5.92 Å². The van der Waals surface area contributed by atoms with Crippen molar-refractivity contribution in [1.82, 2.24) is 4.90 Å². The lowest BCUT2D eigenvalue weighted by Crippen LogP contribution is -2.63. The SMILES string of the molecule is CCC(C)C(=O)CCC(=O)OC1CC(C)(C)N(CCOC(C)(C)C)C(C)(C)C1. The van der Waals surface area contributed by atoms with Gasteiger partial charge in [-0.2, -0.15) is 0 Å². The monoisotopic (exact) mass is 397 g/mol. The van der Waals surface area contributed by atoms with Crippen LogP contribution < -0.4 is 0 Å². The van der Waals surface area contributed by atoms with Crippen LogP contribution in [-0.4, -0.2) is 52.6 Å². The fourth-order valence-electron chi connectivity index (χ4n) is 4.30. The molecular formula is C23H43NO4. The number of esters is 1. The van der Waals surface area contributed by atoms with Gasteiger partial charge in [-0.05, 0) is 54.9 Å². The van der Waals surface area contributed by atoms with Crippen molar-refractivity contribution >= 4 is 11.8 Å². The van der Waals surface area contributed by atoms with Crippen molar-refractivity contribution in [2.75, 3.05) is 13.2 Å². The summed E-state index contributed by atoms with van der Waals surface area (Å²) in [6, 6.07) is 0. The molecule has 1 saturated heterocycles. The number of Topliss-reactive ketones (excluding diaryl/α,β-unsaturated/α-hetero) is 1. The van der Waals surface area contributed by atoms with E-state index in [4.69, 9.17) is 9.47 Å². The molecule has 1 aliphatic rings. The van der Waals surface area contributed by atoms with Gasteiger partial charge in [0.2, 0.25) is 0 Å². The van der Waals surface area contributed by atoms with Crippen LogP contribution in [0.25, 0.3) is 0 Å². The van der Waals surface area contributed by atoms with Crippen LogP contribution in [0.1, 0.15) is 94.4 Å². The minimum atomic E-state index is -0.252. The molecule has 28 heavy (non-hydrogen) atoms. The Morgan fingerprint density at radius 1 is 1.07 bits per heavy atom. The van der Waals surface area contributed by atoms with Crippen molar-refractivity contribution in [3.63, 3.8) is 0 Å². The number of ether oxygens (including phenoxy) is 2. The minimum Gasteiger partial charge on any atom is -0.462 e. The first-order chi connectivity index (χ1) is 12.7. The van der Waals surface area contributed by atoms with Crippen LogP contribution in [0.2, 0.25) is 0 Å². The number of nitrogens with zero attached hydrogens (tertiary/aromatic N) is 1. The second-order valence-electron chi connectivity index (χ2n) is 10.5. The van der Waals surface area contributed by atoms with Gasteiger partial charge in [0.05, 0.1) is 18.6 Å². The molecule has 0 bridgehead atoms. The first-order valence-electron chi connectivity index (χ1n) is 10.8. The number of rotatable bonds is 9. The molecule has 0 saturated carbocycles. The van der Waals surface area contributed by atoms with Gasteiger partial charge in [0, 0.05) is 42.8 Å².